The molecule has 2 nitrogen and oxygen atoms in total. The van der Waals surface area contributed by atoms with E-state index >= 15 is 0 Å². The minimum Gasteiger partial charge on any atom is -0.218 e. The number of hydrogen-bond acceptors (Lipinski definition) is 2. The van der Waals surface area contributed by atoms with Gasteiger partial charge in [-0.2, -0.15) is 0 Å². The molecule has 0 unspecified atom stereocenters. The Morgan fingerprint density at radius 2 is 1.78 bits per heavy atom. The molecule has 0 N–H and O–H groups in total. The van der Waals surface area contributed by atoms with Crippen LogP contribution in [0.2, 0.25) is 0 Å². The van der Waals surface area contributed by atoms with Gasteiger partial charge in [-0.15, -0.1) is 0 Å². The second kappa shape index (κ2) is 8.59. The molecule has 0 aliphatic rings. The summed E-state index contributed by atoms with van der Waals surface area (Å²) in [7, 11) is -4.08. The van der Waals surface area contributed by atoms with E-state index in [1.54, 1.807) is 19.1 Å². The van der Waals surface area contributed by atoms with Crippen LogP contribution in [0.15, 0.2) is 99.5 Å². The molecule has 0 spiro atoms. The molecule has 27 heavy (non-hydrogen) atoms. The quantitative estimate of drug-likeness (QED) is 0.475. The van der Waals surface area contributed by atoms with Gasteiger partial charge in [0.1, 0.15) is 16.5 Å². The third-order valence-corrected chi connectivity index (χ3v) is 6.15. The summed E-state index contributed by atoms with van der Waals surface area (Å²) < 4.78 is 55.4. The maximum Gasteiger partial charge on any atom is 0.209 e. The molecule has 0 heterocycles. The first kappa shape index (κ1) is 21.0. The zero-order valence-electron chi connectivity index (χ0n) is 14.5. The molecule has 2 aromatic rings. The van der Waals surface area contributed by atoms with Gasteiger partial charge in [-0.25, -0.2) is 17.2 Å². The normalized spacial score (nSPS) is 12.7. The largest absolute Gasteiger partial charge is 0.218 e. The van der Waals surface area contributed by atoms with Crippen molar-refractivity contribution in [2.45, 2.75) is 16.7 Å². The van der Waals surface area contributed by atoms with Gasteiger partial charge < -0.3 is 0 Å². The fraction of sp³-hybridized carbons (Fsp3) is 0.0476. The minimum absolute atomic E-state index is 0.0130. The van der Waals surface area contributed by atoms with Crippen molar-refractivity contribution < 1.29 is 17.2 Å². The lowest BCUT2D eigenvalue weighted by Gasteiger charge is -2.10. The van der Waals surface area contributed by atoms with Gasteiger partial charge in [-0.1, -0.05) is 53.4 Å². The van der Waals surface area contributed by atoms with Crippen LogP contribution in [0.25, 0.3) is 5.57 Å². The summed E-state index contributed by atoms with van der Waals surface area (Å²) in [6.45, 7) is 8.80. The maximum atomic E-state index is 15.0. The number of rotatable bonds is 6. The molecule has 2 rings (SSSR count). The van der Waals surface area contributed by atoms with Crippen LogP contribution < -0.4 is 0 Å². The Balaban J connectivity index is 2.53. The van der Waals surface area contributed by atoms with Gasteiger partial charge in [-0.3, -0.25) is 0 Å². The van der Waals surface area contributed by atoms with Gasteiger partial charge in [0.2, 0.25) is 9.84 Å². The van der Waals surface area contributed by atoms with Crippen LogP contribution in [0.4, 0.5) is 8.78 Å². The Labute approximate surface area is 166 Å². The van der Waals surface area contributed by atoms with Crippen LogP contribution in [-0.4, -0.2) is 8.42 Å². The molecule has 0 saturated heterocycles. The second-order valence-electron chi connectivity index (χ2n) is 5.54. The van der Waals surface area contributed by atoms with Gasteiger partial charge in [0, 0.05) is 15.6 Å². The molecular weight excluding hydrogens is 434 g/mol. The Bertz CT molecular complexity index is 1050. The third-order valence-electron chi connectivity index (χ3n) is 3.83. The van der Waals surface area contributed by atoms with Crippen molar-refractivity contribution in [1.29, 1.82) is 0 Å². The lowest BCUT2D eigenvalue weighted by Crippen LogP contribution is -2.06. The van der Waals surface area contributed by atoms with Gasteiger partial charge >= 0.3 is 0 Å². The molecule has 0 aliphatic carbocycles. The topological polar surface area (TPSA) is 34.1 Å². The van der Waals surface area contributed by atoms with Crippen LogP contribution >= 0.6 is 15.9 Å². The average molecular weight is 451 g/mol. The number of sulfone groups is 1. The van der Waals surface area contributed by atoms with E-state index in [4.69, 9.17) is 0 Å². The van der Waals surface area contributed by atoms with E-state index < -0.39 is 26.4 Å². The summed E-state index contributed by atoms with van der Waals surface area (Å²) in [6, 6.07) is 9.78. The van der Waals surface area contributed by atoms with Crippen molar-refractivity contribution in [3.05, 3.63) is 101 Å². The highest BCUT2D eigenvalue weighted by atomic mass is 79.9. The molecule has 140 valence electrons. The van der Waals surface area contributed by atoms with Crippen molar-refractivity contribution in [1.82, 2.24) is 0 Å². The van der Waals surface area contributed by atoms with Gasteiger partial charge in [0.05, 0.1) is 4.90 Å². The highest BCUT2D eigenvalue weighted by Crippen LogP contribution is 2.30. The SMILES string of the molecule is C=CC(=C/C)/C(F)=C\C(=C)c1cccc(S(=O)(=O)c2ccc(Br)cc2)c1F. The molecule has 6 heteroatoms. The predicted molar refractivity (Wildman–Crippen MR) is 108 cm³/mol. The highest BCUT2D eigenvalue weighted by Gasteiger charge is 2.24. The zero-order valence-corrected chi connectivity index (χ0v) is 16.9. The number of allylic oxidation sites excluding steroid dienone is 6. The van der Waals surface area contributed by atoms with Crippen LogP contribution in [0.3, 0.4) is 0 Å². The fourth-order valence-electron chi connectivity index (χ4n) is 2.37. The summed E-state index contributed by atoms with van der Waals surface area (Å²) >= 11 is 3.23. The van der Waals surface area contributed by atoms with Crippen LogP contribution in [0.1, 0.15) is 12.5 Å². The first-order valence-electron chi connectivity index (χ1n) is 7.87. The number of hydrogen-bond donors (Lipinski definition) is 0. The van der Waals surface area contributed by atoms with E-state index in [2.05, 4.69) is 29.1 Å². The minimum atomic E-state index is -4.08. The fourth-order valence-corrected chi connectivity index (χ4v) is 3.99. The Hall–Kier alpha value is -2.31. The smallest absolute Gasteiger partial charge is 0.209 e. The van der Waals surface area contributed by atoms with Crippen molar-refractivity contribution >= 4 is 31.3 Å². The zero-order chi connectivity index (χ0) is 20.2. The monoisotopic (exact) mass is 450 g/mol. The van der Waals surface area contributed by atoms with Crippen LogP contribution in [0, 0.1) is 5.82 Å². The molecule has 0 saturated carbocycles. The van der Waals surface area contributed by atoms with Crippen molar-refractivity contribution in [2.24, 2.45) is 0 Å². The van der Waals surface area contributed by atoms with Gasteiger partial charge in [0.15, 0.2) is 0 Å². The van der Waals surface area contributed by atoms with E-state index in [0.717, 1.165) is 6.08 Å². The maximum absolute atomic E-state index is 15.0. The summed E-state index contributed by atoms with van der Waals surface area (Å²) in [5, 5.41) is 0. The molecular formula is C21H17BrF2O2S. The molecule has 0 aliphatic heterocycles. The Morgan fingerprint density at radius 1 is 1.15 bits per heavy atom. The van der Waals surface area contributed by atoms with E-state index in [-0.39, 0.29) is 21.6 Å². The molecule has 2 aromatic carbocycles. The van der Waals surface area contributed by atoms with E-state index in [1.165, 1.54) is 42.5 Å². The number of benzene rings is 2. The molecule has 0 amide bonds. The summed E-state index contributed by atoms with van der Waals surface area (Å²) in [5.74, 6) is -1.62. The van der Waals surface area contributed by atoms with Gasteiger partial charge in [0.25, 0.3) is 0 Å². The summed E-state index contributed by atoms with van der Waals surface area (Å²) in [5.41, 5.74) is 0.150. The molecule has 0 aromatic heterocycles. The molecule has 0 fully saturated rings. The van der Waals surface area contributed by atoms with E-state index in [1.807, 2.05) is 0 Å². The van der Waals surface area contributed by atoms with Gasteiger partial charge in [-0.05, 0) is 48.9 Å². The first-order chi connectivity index (χ1) is 12.7. The first-order valence-corrected chi connectivity index (χ1v) is 10.1. The van der Waals surface area contributed by atoms with Crippen molar-refractivity contribution in [3.63, 3.8) is 0 Å². The van der Waals surface area contributed by atoms with Crippen molar-refractivity contribution in [3.8, 4) is 0 Å². The molecule has 0 bridgehead atoms. The van der Waals surface area contributed by atoms with Crippen LogP contribution in [0.5, 0.6) is 0 Å². The lowest BCUT2D eigenvalue weighted by molar-refractivity contribution is 0.565. The number of halogens is 3. The predicted octanol–water partition coefficient (Wildman–Crippen LogP) is 6.42. The third kappa shape index (κ3) is 4.51. The lowest BCUT2D eigenvalue weighted by atomic mass is 10.0. The molecule has 0 radical (unpaired) electrons. The van der Waals surface area contributed by atoms with E-state index in [0.29, 0.717) is 4.47 Å². The Morgan fingerprint density at radius 3 is 2.33 bits per heavy atom. The van der Waals surface area contributed by atoms with Crippen LogP contribution in [-0.2, 0) is 9.84 Å². The Kier molecular flexibility index (Phi) is 6.68. The molecule has 0 atom stereocenters. The highest BCUT2D eigenvalue weighted by molar-refractivity contribution is 9.10. The summed E-state index contributed by atoms with van der Waals surface area (Å²) in [6.07, 6.45) is 3.88. The second-order valence-corrected chi connectivity index (χ2v) is 8.37. The van der Waals surface area contributed by atoms with E-state index in [9.17, 15) is 17.2 Å². The average Bonchev–Trinajstić information content (AvgIpc) is 2.63. The summed E-state index contributed by atoms with van der Waals surface area (Å²) in [4.78, 5) is -0.538. The standard InChI is InChI=1S/C21H17BrF2O2S/c1-4-15(5-2)19(23)13-14(3)18-7-6-8-20(21(18)24)27(25,26)17-11-9-16(22)10-12-17/h4-13H,1,3H2,2H3/b15-5-,19-13+. The van der Waals surface area contributed by atoms with Crippen molar-refractivity contribution in [2.75, 3.05) is 0 Å².